The van der Waals surface area contributed by atoms with Crippen LogP contribution in [-0.4, -0.2) is 127 Å². The van der Waals surface area contributed by atoms with Crippen molar-refractivity contribution in [3.05, 3.63) is 94.3 Å². The Labute approximate surface area is 457 Å². The van der Waals surface area contributed by atoms with Crippen molar-refractivity contribution in [2.75, 3.05) is 34.2 Å². The van der Waals surface area contributed by atoms with E-state index in [0.29, 0.717) is 64.3 Å². The predicted octanol–water partition coefficient (Wildman–Crippen LogP) is 6.09. The first-order chi connectivity index (χ1) is 37.6. The van der Waals surface area contributed by atoms with Gasteiger partial charge in [0.25, 0.3) is 0 Å². The van der Waals surface area contributed by atoms with E-state index in [2.05, 4.69) is 31.8 Å². The molecule has 0 radical (unpaired) electrons. The maximum atomic E-state index is 13.4. The Morgan fingerprint density at radius 1 is 0.873 bits per heavy atom. The summed E-state index contributed by atoms with van der Waals surface area (Å²) >= 11 is 0. The fourth-order valence-corrected chi connectivity index (χ4v) is 14.7. The van der Waals surface area contributed by atoms with Crippen LogP contribution in [-0.2, 0) is 47.6 Å². The molecule has 16 atom stereocenters. The van der Waals surface area contributed by atoms with E-state index in [-0.39, 0.29) is 65.6 Å². The molecule has 0 spiro atoms. The summed E-state index contributed by atoms with van der Waals surface area (Å²) in [5.41, 5.74) is 8.54. The maximum absolute atomic E-state index is 13.4. The van der Waals surface area contributed by atoms with Crippen LogP contribution in [0.25, 0.3) is 0 Å². The van der Waals surface area contributed by atoms with E-state index in [0.717, 1.165) is 25.7 Å². The highest BCUT2D eigenvalue weighted by atomic mass is 16.8. The molecule has 20 heteroatoms. The Hall–Kier alpha value is -6.42. The topological polar surface area (TPSA) is 277 Å². The van der Waals surface area contributed by atoms with Gasteiger partial charge in [0.2, 0.25) is 18.4 Å². The van der Waals surface area contributed by atoms with Crippen LogP contribution in [0, 0.1) is 40.4 Å². The molecule has 9 aliphatic rings. The third kappa shape index (κ3) is 9.64. The maximum Gasteiger partial charge on any atom is 0.310 e. The number of carbonyl (C=O) groups is 5. The lowest BCUT2D eigenvalue weighted by atomic mass is 9.47. The highest BCUT2D eigenvalue weighted by Gasteiger charge is 2.68. The standard InChI is InChI=1S/C29H32O13.C24H32O4.C6H6N2O/c1-11-36-9-20-27(40-11)24(31)25(32)29(41-20)42-26-14-7-17-16(38-10-39-17)6-13(14)21(22-15(26)8-37-28(22)33)12-4-18(34-2)23(30)19(5-12)35-3;1-14-12-18-19(22(4)9-6-17(27)13-21(14)22)7-10-23(5)20(18)8-11-24(23,15(2)25)28-16(3)26;7-6(9)5-2-1-3-8-4-5/h4-7,11,15,20-22,24-27,29-32H,8-10H2,1-3H3;12-13,18-20H,6-11H2,1-5H3;1-4H,(H2,7,9)/t11-,15?,20-,21-,22+,24-,25-,26?,27-,29+;18-,19+,20+,22-,23+,24+;/m11./s1. The van der Waals surface area contributed by atoms with E-state index in [4.69, 9.17) is 53.1 Å². The second-order valence-electron chi connectivity index (χ2n) is 22.6. The normalized spacial score (nSPS) is 36.2. The monoisotopic (exact) mass is 1090 g/mol. The number of nitrogens with two attached hydrogens (primary N) is 1. The van der Waals surface area contributed by atoms with Gasteiger partial charge in [0, 0.05) is 43.0 Å². The average molecular weight is 1100 g/mol. The Balaban J connectivity index is 0.000000163. The molecule has 4 aliphatic heterocycles. The summed E-state index contributed by atoms with van der Waals surface area (Å²) in [5, 5.41) is 32.5. The number of rotatable bonds is 8. The SMILES string of the molecule is CC(=O)O[C@]1(C(C)=O)CC[C@H]2[C@@H]3C=C(C)C4=CC(=O)CC[C@]4(C)[C@H]3CC[C@@]21C.COc1cc([C@@H]2c3cc4c(cc3C(O[C@@H]3O[C@@H]5CO[C@@H](C)O[C@H]5[C@H](O)[C@H]3O)C3COC(=O)[C@@H]32)OCO4)cc(OC)c1O.NC(=O)c1cccnc1. The average Bonchev–Trinajstić information content (AvgIpc) is 3.73. The van der Waals surface area contributed by atoms with Crippen LogP contribution in [0.2, 0.25) is 0 Å². The Bertz CT molecular complexity index is 2940. The fourth-order valence-electron chi connectivity index (χ4n) is 14.7. The number of ketones is 2. The second kappa shape index (κ2) is 21.6. The van der Waals surface area contributed by atoms with Gasteiger partial charge in [-0.3, -0.25) is 29.0 Å². The molecule has 12 rings (SSSR count). The van der Waals surface area contributed by atoms with Crippen LogP contribution in [0.3, 0.4) is 0 Å². The molecule has 2 saturated carbocycles. The summed E-state index contributed by atoms with van der Waals surface area (Å²) in [5.74, 6) is -0.438. The molecular weight excluding hydrogens is 1020 g/mol. The van der Waals surface area contributed by atoms with Crippen LogP contribution in [0.1, 0.15) is 119 Å². The van der Waals surface area contributed by atoms with Crippen molar-refractivity contribution < 1.29 is 86.7 Å². The molecule has 1 amide bonds. The van der Waals surface area contributed by atoms with Crippen LogP contribution in [0.4, 0.5) is 0 Å². The van der Waals surface area contributed by atoms with Crippen molar-refractivity contribution in [2.24, 2.45) is 46.2 Å². The number of benzene rings is 2. The summed E-state index contributed by atoms with van der Waals surface area (Å²) in [4.78, 5) is 64.2. The molecule has 1 aromatic heterocycles. The molecule has 424 valence electrons. The molecule has 5 aliphatic carbocycles. The van der Waals surface area contributed by atoms with Crippen molar-refractivity contribution in [3.63, 3.8) is 0 Å². The van der Waals surface area contributed by atoms with Crippen molar-refractivity contribution in [3.8, 4) is 28.7 Å². The van der Waals surface area contributed by atoms with Gasteiger partial charge in [-0.1, -0.05) is 25.5 Å². The number of primary amides is 1. The predicted molar refractivity (Wildman–Crippen MR) is 278 cm³/mol. The van der Waals surface area contributed by atoms with Crippen molar-refractivity contribution in [1.82, 2.24) is 4.98 Å². The lowest BCUT2D eigenvalue weighted by molar-refractivity contribution is -0.364. The number of aliphatic hydroxyl groups excluding tert-OH is 2. The van der Waals surface area contributed by atoms with Crippen LogP contribution < -0.4 is 24.7 Å². The molecule has 20 nitrogen and oxygen atoms in total. The largest absolute Gasteiger partial charge is 0.502 e. The lowest BCUT2D eigenvalue weighted by Crippen LogP contribution is -2.63. The number of aromatic nitrogens is 1. The minimum atomic E-state index is -1.44. The number of amides is 1. The highest BCUT2D eigenvalue weighted by Crippen LogP contribution is 2.68. The van der Waals surface area contributed by atoms with Gasteiger partial charge in [0.15, 0.2) is 52.7 Å². The van der Waals surface area contributed by atoms with Crippen LogP contribution >= 0.6 is 0 Å². The van der Waals surface area contributed by atoms with Gasteiger partial charge in [-0.05, 0) is 141 Å². The van der Waals surface area contributed by atoms with Gasteiger partial charge in [-0.25, -0.2) is 0 Å². The van der Waals surface area contributed by atoms with Gasteiger partial charge >= 0.3 is 11.9 Å². The number of methoxy groups -OCH3 is 2. The van der Waals surface area contributed by atoms with Crippen molar-refractivity contribution >= 4 is 29.4 Å². The number of fused-ring (bicyclic) bond motifs is 9. The number of cyclic esters (lactones) is 1. The summed E-state index contributed by atoms with van der Waals surface area (Å²) in [6.07, 6.45) is 5.42. The number of ether oxygens (including phenoxy) is 10. The molecule has 2 unspecified atom stereocenters. The van der Waals surface area contributed by atoms with Crippen molar-refractivity contribution in [2.45, 2.75) is 135 Å². The van der Waals surface area contributed by atoms with E-state index < -0.39 is 78.3 Å². The number of aliphatic hydroxyl groups is 2. The first-order valence-corrected chi connectivity index (χ1v) is 27.0. The second-order valence-corrected chi connectivity index (χ2v) is 22.6. The summed E-state index contributed by atoms with van der Waals surface area (Å²) in [6, 6.07) is 10.2. The Morgan fingerprint density at radius 3 is 2.20 bits per heavy atom. The molecule has 0 bridgehead atoms. The highest BCUT2D eigenvalue weighted by molar-refractivity contribution is 5.93. The zero-order chi connectivity index (χ0) is 56.5. The molecule has 79 heavy (non-hydrogen) atoms. The number of aromatic hydroxyl groups is 1. The number of phenols is 1. The van der Waals surface area contributed by atoms with E-state index in [1.54, 1.807) is 56.4 Å². The van der Waals surface area contributed by atoms with E-state index in [1.807, 2.05) is 6.08 Å². The molecule has 3 aromatic rings. The number of allylic oxidation sites excluding steroid dienone is 4. The summed E-state index contributed by atoms with van der Waals surface area (Å²) in [7, 11) is 2.86. The van der Waals surface area contributed by atoms with Gasteiger partial charge in [0.05, 0.1) is 45.0 Å². The third-order valence-corrected chi connectivity index (χ3v) is 18.5. The van der Waals surface area contributed by atoms with E-state index in [9.17, 15) is 39.3 Å². The molecule has 5 heterocycles. The lowest BCUT2D eigenvalue weighted by Gasteiger charge is -2.58. The Morgan fingerprint density at radius 2 is 1.57 bits per heavy atom. The van der Waals surface area contributed by atoms with Gasteiger partial charge in [0.1, 0.15) is 24.4 Å². The van der Waals surface area contributed by atoms with E-state index >= 15 is 0 Å². The van der Waals surface area contributed by atoms with Gasteiger partial charge in [-0.15, -0.1) is 0 Å². The molecule has 3 saturated heterocycles. The summed E-state index contributed by atoms with van der Waals surface area (Å²) < 4.78 is 57.3. The number of Topliss-reactive ketones (excluding diaryl/α,β-unsaturated/α-hetero) is 1. The number of pyridine rings is 1. The first kappa shape index (κ1) is 55.9. The molecule has 5 N–H and O–H groups in total. The fraction of sp³-hybridized carbons (Fsp3) is 0.559. The van der Waals surface area contributed by atoms with Crippen molar-refractivity contribution in [1.29, 1.82) is 0 Å². The zero-order valence-corrected chi connectivity index (χ0v) is 45.6. The number of phenolic OH excluding ortho intramolecular Hbond substituents is 1. The zero-order valence-electron chi connectivity index (χ0n) is 45.6. The molecular formula is C59H70N2O18. The number of hydrogen-bond acceptors (Lipinski definition) is 19. The number of carbonyl (C=O) groups excluding carboxylic acids is 5. The molecule has 2 aromatic carbocycles. The first-order valence-electron chi connectivity index (χ1n) is 27.0. The Kier molecular flexibility index (Phi) is 15.3. The minimum Gasteiger partial charge on any atom is -0.502 e. The number of esters is 2. The third-order valence-electron chi connectivity index (χ3n) is 18.5. The summed E-state index contributed by atoms with van der Waals surface area (Å²) in [6.45, 7) is 11.6. The van der Waals surface area contributed by atoms with Gasteiger partial charge < -0.3 is 68.4 Å². The number of hydrogen-bond donors (Lipinski definition) is 4. The smallest absolute Gasteiger partial charge is 0.310 e. The van der Waals surface area contributed by atoms with E-state index in [1.165, 1.54) is 38.5 Å². The minimum absolute atomic E-state index is 0.0160. The van der Waals surface area contributed by atoms with Crippen LogP contribution in [0.5, 0.6) is 28.7 Å². The van der Waals surface area contributed by atoms with Gasteiger partial charge in [-0.2, -0.15) is 0 Å². The number of nitrogens with zero attached hydrogens (tertiary/aromatic N) is 1. The van der Waals surface area contributed by atoms with Crippen LogP contribution in [0.15, 0.2) is 72.1 Å². The molecule has 5 fully saturated rings. The quantitative estimate of drug-likeness (QED) is 0.186.